The molecule has 0 fully saturated rings. The van der Waals surface area contributed by atoms with Crippen molar-refractivity contribution >= 4 is 6.03 Å². The monoisotopic (exact) mass is 329 g/mol. The van der Waals surface area contributed by atoms with Crippen LogP contribution in [0.4, 0.5) is 4.79 Å². The summed E-state index contributed by atoms with van der Waals surface area (Å²) in [7, 11) is 1.64. The van der Waals surface area contributed by atoms with Gasteiger partial charge in [-0.25, -0.2) is 4.79 Å². The van der Waals surface area contributed by atoms with Crippen LogP contribution in [0.2, 0.25) is 0 Å². The van der Waals surface area contributed by atoms with Gasteiger partial charge in [-0.1, -0.05) is 37.3 Å². The lowest BCUT2D eigenvalue weighted by Crippen LogP contribution is -2.48. The summed E-state index contributed by atoms with van der Waals surface area (Å²) in [6.07, 6.45) is 0.835. The molecule has 1 aromatic heterocycles. The van der Waals surface area contributed by atoms with Crippen LogP contribution in [0, 0.1) is 0 Å². The number of fused-ring (bicyclic) bond motifs is 1. The number of nitrogens with zero attached hydrogens (tertiary/aromatic N) is 4. The predicted octanol–water partition coefficient (Wildman–Crippen LogP) is 1.90. The third-order valence-electron chi connectivity index (χ3n) is 4.26. The molecule has 1 aliphatic heterocycles. The van der Waals surface area contributed by atoms with Crippen LogP contribution in [-0.4, -0.2) is 52.0 Å². The van der Waals surface area contributed by atoms with Gasteiger partial charge >= 0.3 is 6.03 Å². The first-order valence-electron chi connectivity index (χ1n) is 8.24. The molecule has 2 heterocycles. The molecule has 128 valence electrons. The first-order valence-corrected chi connectivity index (χ1v) is 8.24. The normalized spacial score (nSPS) is 15.0. The van der Waals surface area contributed by atoms with E-state index in [1.54, 1.807) is 12.0 Å². The fourth-order valence-corrected chi connectivity index (χ4v) is 2.86. The van der Waals surface area contributed by atoms with Crippen LogP contribution in [-0.2, 0) is 17.8 Å². The molecule has 1 atom stereocenters. The van der Waals surface area contributed by atoms with E-state index >= 15 is 0 Å². The lowest BCUT2D eigenvalue weighted by molar-refractivity contribution is 0.147. The smallest absolute Gasteiger partial charge is 0.318 e. The van der Waals surface area contributed by atoms with Crippen LogP contribution < -0.4 is 5.32 Å². The number of rotatable bonds is 5. The lowest BCUT2D eigenvalue weighted by atomic mass is 10.2. The second-order valence-electron chi connectivity index (χ2n) is 5.89. The standard InChI is InChI=1S/C17H23N5O2/c1-3-14(12-24-2)18-17(23)21-9-10-22-15(11-21)19-20-16(22)13-7-5-4-6-8-13/h4-8,14H,3,9-12H2,1-2H3,(H,18,23)/t14-/m0/s1. The molecule has 3 rings (SSSR count). The number of nitrogens with one attached hydrogen (secondary N) is 1. The quantitative estimate of drug-likeness (QED) is 0.909. The maximum atomic E-state index is 12.4. The van der Waals surface area contributed by atoms with Crippen LogP contribution in [0.1, 0.15) is 19.2 Å². The fourth-order valence-electron chi connectivity index (χ4n) is 2.86. The predicted molar refractivity (Wildman–Crippen MR) is 90.4 cm³/mol. The molecule has 0 radical (unpaired) electrons. The average molecular weight is 329 g/mol. The van der Waals surface area contributed by atoms with Crippen LogP contribution in [0.15, 0.2) is 30.3 Å². The van der Waals surface area contributed by atoms with Crippen LogP contribution in [0.25, 0.3) is 11.4 Å². The maximum Gasteiger partial charge on any atom is 0.318 e. The molecule has 0 saturated heterocycles. The highest BCUT2D eigenvalue weighted by atomic mass is 16.5. The van der Waals surface area contributed by atoms with E-state index in [1.807, 2.05) is 37.3 Å². The molecule has 7 nitrogen and oxygen atoms in total. The number of ether oxygens (including phenoxy) is 1. The summed E-state index contributed by atoms with van der Waals surface area (Å²) in [6, 6.07) is 9.95. The van der Waals surface area contributed by atoms with Crippen LogP contribution in [0.5, 0.6) is 0 Å². The number of benzene rings is 1. The molecular weight excluding hydrogens is 306 g/mol. The Bertz CT molecular complexity index is 686. The minimum atomic E-state index is -0.0746. The van der Waals surface area contributed by atoms with E-state index in [1.165, 1.54) is 0 Å². The number of methoxy groups -OCH3 is 1. The van der Waals surface area contributed by atoms with Crippen LogP contribution >= 0.6 is 0 Å². The molecule has 0 saturated carbocycles. The van der Waals surface area contributed by atoms with Gasteiger partial charge in [0.05, 0.1) is 19.2 Å². The van der Waals surface area contributed by atoms with Gasteiger partial charge in [0.2, 0.25) is 0 Å². The molecule has 0 unspecified atom stereocenters. The van der Waals surface area contributed by atoms with E-state index in [9.17, 15) is 4.79 Å². The number of urea groups is 1. The summed E-state index contributed by atoms with van der Waals surface area (Å²) >= 11 is 0. The number of hydrogen-bond donors (Lipinski definition) is 1. The largest absolute Gasteiger partial charge is 0.383 e. The molecular formula is C17H23N5O2. The van der Waals surface area contributed by atoms with E-state index < -0.39 is 0 Å². The van der Waals surface area contributed by atoms with Crippen molar-refractivity contribution in [3.8, 4) is 11.4 Å². The van der Waals surface area contributed by atoms with Gasteiger partial charge < -0.3 is 19.5 Å². The summed E-state index contributed by atoms with van der Waals surface area (Å²) < 4.78 is 7.22. The van der Waals surface area contributed by atoms with Crippen molar-refractivity contribution in [3.63, 3.8) is 0 Å². The zero-order valence-corrected chi connectivity index (χ0v) is 14.1. The Hall–Kier alpha value is -2.41. The third kappa shape index (κ3) is 3.41. The Labute approximate surface area is 141 Å². The molecule has 1 N–H and O–H groups in total. The van der Waals surface area contributed by atoms with E-state index in [-0.39, 0.29) is 12.1 Å². The molecule has 0 bridgehead atoms. The number of carbonyl (C=O) groups excluding carboxylic acids is 1. The van der Waals surface area contributed by atoms with Gasteiger partial charge in [0, 0.05) is 25.8 Å². The van der Waals surface area contributed by atoms with Gasteiger partial charge in [-0.05, 0) is 6.42 Å². The zero-order valence-electron chi connectivity index (χ0n) is 14.1. The molecule has 0 aliphatic carbocycles. The second-order valence-corrected chi connectivity index (χ2v) is 5.89. The topological polar surface area (TPSA) is 72.3 Å². The molecule has 1 aromatic carbocycles. The average Bonchev–Trinajstić information content (AvgIpc) is 3.05. The van der Waals surface area contributed by atoms with Gasteiger partial charge in [-0.3, -0.25) is 0 Å². The minimum absolute atomic E-state index is 0.0298. The first-order chi connectivity index (χ1) is 11.7. The lowest BCUT2D eigenvalue weighted by Gasteiger charge is -2.29. The van der Waals surface area contributed by atoms with Gasteiger partial charge in [-0.2, -0.15) is 0 Å². The molecule has 7 heteroatoms. The second kappa shape index (κ2) is 7.44. The SMILES string of the molecule is CC[C@@H](COC)NC(=O)N1CCn2c(nnc2-c2ccccc2)C1. The Morgan fingerprint density at radius 2 is 2.08 bits per heavy atom. The van der Waals surface area contributed by atoms with E-state index in [0.29, 0.717) is 26.2 Å². The fraction of sp³-hybridized carbons (Fsp3) is 0.471. The summed E-state index contributed by atoms with van der Waals surface area (Å²) in [4.78, 5) is 14.2. The van der Waals surface area contributed by atoms with E-state index in [4.69, 9.17) is 4.74 Å². The highest BCUT2D eigenvalue weighted by molar-refractivity contribution is 5.74. The van der Waals surface area contributed by atoms with E-state index in [2.05, 4.69) is 20.1 Å². The van der Waals surface area contributed by atoms with Crippen molar-refractivity contribution < 1.29 is 9.53 Å². The van der Waals surface area contributed by atoms with Gasteiger partial charge in [0.15, 0.2) is 11.6 Å². The van der Waals surface area contributed by atoms with Crippen molar-refractivity contribution in [2.75, 3.05) is 20.3 Å². The molecule has 2 amide bonds. The summed E-state index contributed by atoms with van der Waals surface area (Å²) in [5.74, 6) is 1.67. The highest BCUT2D eigenvalue weighted by Crippen LogP contribution is 2.21. The van der Waals surface area contributed by atoms with Crippen molar-refractivity contribution in [1.29, 1.82) is 0 Å². The molecule has 24 heavy (non-hydrogen) atoms. The van der Waals surface area contributed by atoms with Gasteiger partial charge in [0.25, 0.3) is 0 Å². The maximum absolute atomic E-state index is 12.4. The van der Waals surface area contributed by atoms with E-state index in [0.717, 1.165) is 23.6 Å². The van der Waals surface area contributed by atoms with Gasteiger partial charge in [0.1, 0.15) is 0 Å². The Morgan fingerprint density at radius 1 is 1.29 bits per heavy atom. The summed E-state index contributed by atoms with van der Waals surface area (Å²) in [6.45, 7) is 4.35. The Morgan fingerprint density at radius 3 is 2.79 bits per heavy atom. The van der Waals surface area contributed by atoms with Crippen molar-refractivity contribution in [2.24, 2.45) is 0 Å². The third-order valence-corrected chi connectivity index (χ3v) is 4.26. The summed E-state index contributed by atoms with van der Waals surface area (Å²) in [5.41, 5.74) is 1.04. The number of aromatic nitrogens is 3. The van der Waals surface area contributed by atoms with Crippen molar-refractivity contribution in [1.82, 2.24) is 25.0 Å². The molecule has 1 aliphatic rings. The van der Waals surface area contributed by atoms with Gasteiger partial charge in [-0.15, -0.1) is 10.2 Å². The highest BCUT2D eigenvalue weighted by Gasteiger charge is 2.25. The number of carbonyl (C=O) groups is 1. The molecule has 0 spiro atoms. The molecule has 2 aromatic rings. The zero-order chi connectivity index (χ0) is 16.9. The van der Waals surface area contributed by atoms with Crippen molar-refractivity contribution in [2.45, 2.75) is 32.5 Å². The number of amides is 2. The number of hydrogen-bond acceptors (Lipinski definition) is 4. The van der Waals surface area contributed by atoms with Crippen molar-refractivity contribution in [3.05, 3.63) is 36.2 Å². The Kier molecular flexibility index (Phi) is 5.10. The first kappa shape index (κ1) is 16.4. The van der Waals surface area contributed by atoms with Crippen LogP contribution in [0.3, 0.4) is 0 Å². The summed E-state index contributed by atoms with van der Waals surface area (Å²) in [5, 5.41) is 11.6. The Balaban J connectivity index is 1.69. The minimum Gasteiger partial charge on any atom is -0.383 e.